The molecule has 1 amide bonds. The van der Waals surface area contributed by atoms with Gasteiger partial charge in [-0.2, -0.15) is 0 Å². The van der Waals surface area contributed by atoms with E-state index in [0.29, 0.717) is 16.3 Å². The van der Waals surface area contributed by atoms with Crippen LogP contribution in [0, 0.1) is 10.1 Å². The Labute approximate surface area is 130 Å². The number of amides is 1. The highest BCUT2D eigenvalue weighted by Gasteiger charge is 2.10. The third kappa shape index (κ3) is 4.07. The average Bonchev–Trinajstić information content (AvgIpc) is 2.49. The standard InChI is InChI=1S/C15H11ClN2O4/c16-11-4-6-13(7-5-11)22-14(15(17)19)9-10-2-1-3-12(8-10)18(20)21/h1-9H,(H2,17,19)/b14-9-. The van der Waals surface area contributed by atoms with Crippen molar-refractivity contribution in [1.29, 1.82) is 0 Å². The molecule has 22 heavy (non-hydrogen) atoms. The molecule has 2 rings (SSSR count). The summed E-state index contributed by atoms with van der Waals surface area (Å²) in [5.74, 6) is -0.552. The number of rotatable bonds is 5. The maximum absolute atomic E-state index is 11.5. The second-order valence-electron chi connectivity index (χ2n) is 4.28. The van der Waals surface area contributed by atoms with Gasteiger partial charge in [-0.25, -0.2) is 0 Å². The Morgan fingerprint density at radius 2 is 1.91 bits per heavy atom. The second-order valence-corrected chi connectivity index (χ2v) is 4.72. The number of hydrogen-bond acceptors (Lipinski definition) is 4. The van der Waals surface area contributed by atoms with Crippen LogP contribution in [0.1, 0.15) is 5.56 Å². The van der Waals surface area contributed by atoms with Gasteiger partial charge in [-0.3, -0.25) is 14.9 Å². The summed E-state index contributed by atoms with van der Waals surface area (Å²) in [6, 6.07) is 12.1. The molecule has 112 valence electrons. The average molecular weight is 319 g/mol. The van der Waals surface area contributed by atoms with Crippen LogP contribution in [0.5, 0.6) is 5.75 Å². The van der Waals surface area contributed by atoms with Crippen LogP contribution in [-0.4, -0.2) is 10.8 Å². The molecule has 6 nitrogen and oxygen atoms in total. The topological polar surface area (TPSA) is 95.5 Å². The predicted octanol–water partition coefficient (Wildman–Crippen LogP) is 3.15. The number of nitro groups is 1. The quantitative estimate of drug-likeness (QED) is 0.396. The number of non-ortho nitro benzene ring substituents is 1. The largest absolute Gasteiger partial charge is 0.452 e. The van der Waals surface area contributed by atoms with Crippen LogP contribution >= 0.6 is 11.6 Å². The van der Waals surface area contributed by atoms with E-state index >= 15 is 0 Å². The molecule has 0 unspecified atom stereocenters. The summed E-state index contributed by atoms with van der Waals surface area (Å²) < 4.78 is 5.39. The Morgan fingerprint density at radius 3 is 2.50 bits per heavy atom. The fourth-order valence-electron chi connectivity index (χ4n) is 1.66. The normalized spacial score (nSPS) is 11.0. The Bertz CT molecular complexity index is 741. The van der Waals surface area contributed by atoms with Crippen LogP contribution in [0.2, 0.25) is 5.02 Å². The molecule has 0 saturated carbocycles. The first-order valence-corrected chi connectivity index (χ1v) is 6.53. The molecule has 2 aromatic carbocycles. The molecule has 2 aromatic rings. The first-order valence-electron chi connectivity index (χ1n) is 6.15. The van der Waals surface area contributed by atoms with Crippen molar-refractivity contribution < 1.29 is 14.5 Å². The molecule has 0 spiro atoms. The molecule has 0 bridgehead atoms. The van der Waals surface area contributed by atoms with Crippen molar-refractivity contribution >= 4 is 29.3 Å². The first-order chi connectivity index (χ1) is 10.5. The van der Waals surface area contributed by atoms with Gasteiger partial charge in [0.05, 0.1) is 4.92 Å². The van der Waals surface area contributed by atoms with Crippen molar-refractivity contribution in [2.75, 3.05) is 0 Å². The van der Waals surface area contributed by atoms with E-state index < -0.39 is 10.8 Å². The SMILES string of the molecule is NC(=O)/C(=C/c1cccc([N+](=O)[O-])c1)Oc1ccc(Cl)cc1. The Kier molecular flexibility index (Phi) is 4.75. The Balaban J connectivity index is 2.31. The van der Waals surface area contributed by atoms with Crippen LogP contribution in [0.4, 0.5) is 5.69 Å². The van der Waals surface area contributed by atoms with E-state index in [2.05, 4.69) is 0 Å². The van der Waals surface area contributed by atoms with E-state index in [1.807, 2.05) is 0 Å². The van der Waals surface area contributed by atoms with Crippen molar-refractivity contribution in [2.45, 2.75) is 0 Å². The number of hydrogen-bond donors (Lipinski definition) is 1. The predicted molar refractivity (Wildman–Crippen MR) is 82.3 cm³/mol. The molecule has 0 aliphatic heterocycles. The van der Waals surface area contributed by atoms with Crippen molar-refractivity contribution in [1.82, 2.24) is 0 Å². The highest BCUT2D eigenvalue weighted by atomic mass is 35.5. The van der Waals surface area contributed by atoms with Crippen molar-refractivity contribution in [3.8, 4) is 5.75 Å². The van der Waals surface area contributed by atoms with Gasteiger partial charge in [-0.05, 0) is 35.9 Å². The van der Waals surface area contributed by atoms with E-state index in [1.165, 1.54) is 24.3 Å². The first kappa shape index (κ1) is 15.5. The summed E-state index contributed by atoms with van der Waals surface area (Å²) >= 11 is 5.76. The lowest BCUT2D eigenvalue weighted by atomic mass is 10.2. The summed E-state index contributed by atoms with van der Waals surface area (Å²) in [6.45, 7) is 0. The third-order valence-corrected chi connectivity index (χ3v) is 2.92. The molecular formula is C15H11ClN2O4. The summed E-state index contributed by atoms with van der Waals surface area (Å²) in [4.78, 5) is 21.7. The highest BCUT2D eigenvalue weighted by molar-refractivity contribution is 6.30. The zero-order chi connectivity index (χ0) is 16.1. The molecule has 0 aliphatic rings. The van der Waals surface area contributed by atoms with Gasteiger partial charge in [0.2, 0.25) is 0 Å². The van der Waals surface area contributed by atoms with Crippen molar-refractivity contribution in [3.05, 3.63) is 75.0 Å². The van der Waals surface area contributed by atoms with Gasteiger partial charge in [0.1, 0.15) is 5.75 Å². The van der Waals surface area contributed by atoms with Crippen LogP contribution in [0.3, 0.4) is 0 Å². The van der Waals surface area contributed by atoms with Gasteiger partial charge in [-0.15, -0.1) is 0 Å². The molecule has 0 fully saturated rings. The maximum Gasteiger partial charge on any atom is 0.284 e. The van der Waals surface area contributed by atoms with Gasteiger partial charge in [-0.1, -0.05) is 23.7 Å². The van der Waals surface area contributed by atoms with E-state index in [-0.39, 0.29) is 11.4 Å². The molecule has 0 heterocycles. The van der Waals surface area contributed by atoms with E-state index in [1.54, 1.807) is 30.3 Å². The number of carbonyl (C=O) groups is 1. The van der Waals surface area contributed by atoms with Gasteiger partial charge in [0.25, 0.3) is 11.6 Å². The summed E-state index contributed by atoms with van der Waals surface area (Å²) in [6.07, 6.45) is 1.34. The molecule has 0 aliphatic carbocycles. The van der Waals surface area contributed by atoms with Gasteiger partial charge in [0, 0.05) is 17.2 Å². The van der Waals surface area contributed by atoms with Gasteiger partial charge >= 0.3 is 0 Å². The molecule has 2 N–H and O–H groups in total. The smallest absolute Gasteiger partial charge is 0.284 e. The Morgan fingerprint density at radius 1 is 1.23 bits per heavy atom. The van der Waals surface area contributed by atoms with Gasteiger partial charge in [0.15, 0.2) is 5.76 Å². The molecular weight excluding hydrogens is 308 g/mol. The van der Waals surface area contributed by atoms with Crippen LogP contribution in [-0.2, 0) is 4.79 Å². The maximum atomic E-state index is 11.5. The number of benzene rings is 2. The number of ether oxygens (including phenoxy) is 1. The minimum Gasteiger partial charge on any atom is -0.452 e. The Hall–Kier alpha value is -2.86. The third-order valence-electron chi connectivity index (χ3n) is 2.66. The minimum absolute atomic E-state index is 0.0935. The number of nitrogens with zero attached hydrogens (tertiary/aromatic N) is 1. The van der Waals surface area contributed by atoms with E-state index in [4.69, 9.17) is 22.1 Å². The molecule has 0 aromatic heterocycles. The number of halogens is 1. The lowest BCUT2D eigenvalue weighted by Gasteiger charge is -2.07. The summed E-state index contributed by atoms with van der Waals surface area (Å²) in [5, 5.41) is 11.3. The van der Waals surface area contributed by atoms with Crippen LogP contribution in [0.15, 0.2) is 54.3 Å². The van der Waals surface area contributed by atoms with Gasteiger partial charge < -0.3 is 10.5 Å². The fraction of sp³-hybridized carbons (Fsp3) is 0. The molecule has 0 saturated heterocycles. The van der Waals surface area contributed by atoms with Crippen LogP contribution in [0.25, 0.3) is 6.08 Å². The zero-order valence-electron chi connectivity index (χ0n) is 11.2. The summed E-state index contributed by atoms with van der Waals surface area (Å²) in [7, 11) is 0. The monoisotopic (exact) mass is 318 g/mol. The van der Waals surface area contributed by atoms with Crippen molar-refractivity contribution in [2.24, 2.45) is 5.73 Å². The number of nitrogens with two attached hydrogens (primary N) is 1. The van der Waals surface area contributed by atoms with E-state index in [0.717, 1.165) is 0 Å². The second kappa shape index (κ2) is 6.73. The van der Waals surface area contributed by atoms with Crippen molar-refractivity contribution in [3.63, 3.8) is 0 Å². The fourth-order valence-corrected chi connectivity index (χ4v) is 1.79. The molecule has 0 radical (unpaired) electrons. The summed E-state index contributed by atoms with van der Waals surface area (Å²) in [5.41, 5.74) is 5.60. The number of nitro benzene ring substituents is 1. The zero-order valence-corrected chi connectivity index (χ0v) is 12.0. The molecule has 7 heteroatoms. The lowest BCUT2D eigenvalue weighted by Crippen LogP contribution is -2.18. The number of carbonyl (C=O) groups excluding carboxylic acids is 1. The van der Waals surface area contributed by atoms with E-state index in [9.17, 15) is 14.9 Å². The lowest BCUT2D eigenvalue weighted by molar-refractivity contribution is -0.384. The van der Waals surface area contributed by atoms with Crippen LogP contribution < -0.4 is 10.5 Å². The molecule has 0 atom stereocenters. The number of primary amides is 1. The minimum atomic E-state index is -0.790. The highest BCUT2D eigenvalue weighted by Crippen LogP contribution is 2.20.